The molecule has 0 fully saturated rings. The molecule has 4 heteroatoms. The molecular formula is C14H22N2O2. The number of rotatable bonds is 7. The van der Waals surface area contributed by atoms with Crippen LogP contribution in [0.3, 0.4) is 0 Å². The van der Waals surface area contributed by atoms with Crippen molar-refractivity contribution in [1.29, 1.82) is 0 Å². The predicted octanol–water partition coefficient (Wildman–Crippen LogP) is 2.74. The molecule has 0 spiro atoms. The maximum Gasteiger partial charge on any atom is 0.255 e. The lowest BCUT2D eigenvalue weighted by Gasteiger charge is -2.20. The van der Waals surface area contributed by atoms with Crippen molar-refractivity contribution < 1.29 is 9.53 Å². The zero-order valence-electron chi connectivity index (χ0n) is 11.5. The molecule has 0 atom stereocenters. The van der Waals surface area contributed by atoms with Gasteiger partial charge < -0.3 is 9.64 Å². The zero-order valence-corrected chi connectivity index (χ0v) is 11.5. The van der Waals surface area contributed by atoms with Gasteiger partial charge in [-0.3, -0.25) is 4.79 Å². The first-order valence-corrected chi connectivity index (χ1v) is 6.61. The molecule has 0 saturated carbocycles. The Labute approximate surface area is 109 Å². The van der Waals surface area contributed by atoms with Crippen LogP contribution in [0.25, 0.3) is 0 Å². The molecule has 0 aliphatic rings. The van der Waals surface area contributed by atoms with Gasteiger partial charge in [-0.1, -0.05) is 13.3 Å². The number of aromatic nitrogens is 1. The van der Waals surface area contributed by atoms with Gasteiger partial charge in [0.25, 0.3) is 5.91 Å². The van der Waals surface area contributed by atoms with Crippen LogP contribution in [-0.2, 0) is 0 Å². The van der Waals surface area contributed by atoms with Crippen LogP contribution in [0.2, 0.25) is 0 Å². The highest BCUT2D eigenvalue weighted by Gasteiger charge is 2.13. The van der Waals surface area contributed by atoms with E-state index in [1.807, 2.05) is 18.7 Å². The molecule has 0 N–H and O–H groups in total. The predicted molar refractivity (Wildman–Crippen MR) is 71.9 cm³/mol. The molecule has 0 saturated heterocycles. The average Bonchev–Trinajstić information content (AvgIpc) is 2.40. The third kappa shape index (κ3) is 4.02. The number of hydrogen-bond donors (Lipinski definition) is 0. The number of amides is 1. The number of carbonyl (C=O) groups excluding carboxylic acids is 1. The van der Waals surface area contributed by atoms with Gasteiger partial charge in [0, 0.05) is 25.4 Å². The third-order valence-electron chi connectivity index (χ3n) is 2.73. The minimum atomic E-state index is 0.0431. The lowest BCUT2D eigenvalue weighted by molar-refractivity contribution is 0.0762. The van der Waals surface area contributed by atoms with Crippen molar-refractivity contribution in [3.8, 4) is 5.88 Å². The Balaban J connectivity index is 2.69. The number of carbonyl (C=O) groups is 1. The lowest BCUT2D eigenvalue weighted by Crippen LogP contribution is -2.31. The Morgan fingerprint density at radius 2 is 2.11 bits per heavy atom. The van der Waals surface area contributed by atoms with Crippen LogP contribution in [0, 0.1) is 0 Å². The fraction of sp³-hybridized carbons (Fsp3) is 0.571. The largest absolute Gasteiger partial charge is 0.478 e. The van der Waals surface area contributed by atoms with E-state index < -0.39 is 0 Å². The highest BCUT2D eigenvalue weighted by molar-refractivity contribution is 5.93. The van der Waals surface area contributed by atoms with E-state index in [1.165, 1.54) is 0 Å². The minimum Gasteiger partial charge on any atom is -0.478 e. The van der Waals surface area contributed by atoms with Gasteiger partial charge in [0.05, 0.1) is 12.2 Å². The molecule has 0 radical (unpaired) electrons. The molecular weight excluding hydrogens is 228 g/mol. The quantitative estimate of drug-likeness (QED) is 0.747. The number of pyridine rings is 1. The summed E-state index contributed by atoms with van der Waals surface area (Å²) in [6, 6.07) is 3.51. The molecule has 0 unspecified atom stereocenters. The van der Waals surface area contributed by atoms with Crippen molar-refractivity contribution in [2.24, 2.45) is 0 Å². The highest BCUT2D eigenvalue weighted by atomic mass is 16.5. The summed E-state index contributed by atoms with van der Waals surface area (Å²) < 4.78 is 5.26. The Kier molecular flexibility index (Phi) is 6.19. The molecule has 0 aliphatic heterocycles. The highest BCUT2D eigenvalue weighted by Crippen LogP contribution is 2.10. The summed E-state index contributed by atoms with van der Waals surface area (Å²) in [5, 5.41) is 0. The van der Waals surface area contributed by atoms with E-state index in [1.54, 1.807) is 18.3 Å². The summed E-state index contributed by atoms with van der Waals surface area (Å²) in [4.78, 5) is 18.2. The second-order valence-corrected chi connectivity index (χ2v) is 4.06. The second-order valence-electron chi connectivity index (χ2n) is 4.06. The smallest absolute Gasteiger partial charge is 0.255 e. The maximum absolute atomic E-state index is 12.2. The molecule has 1 rings (SSSR count). The molecule has 0 aromatic carbocycles. The number of nitrogens with zero attached hydrogens (tertiary/aromatic N) is 2. The molecule has 1 heterocycles. The van der Waals surface area contributed by atoms with Crippen molar-refractivity contribution >= 4 is 5.91 Å². The molecule has 1 amide bonds. The Morgan fingerprint density at radius 1 is 1.33 bits per heavy atom. The molecule has 100 valence electrons. The van der Waals surface area contributed by atoms with Gasteiger partial charge in [-0.25, -0.2) is 4.98 Å². The van der Waals surface area contributed by atoms with E-state index >= 15 is 0 Å². The summed E-state index contributed by atoms with van der Waals surface area (Å²) in [5.74, 6) is 0.604. The molecule has 0 bridgehead atoms. The Hall–Kier alpha value is -1.58. The first-order chi connectivity index (χ1) is 8.72. The summed E-state index contributed by atoms with van der Waals surface area (Å²) in [5.41, 5.74) is 0.622. The summed E-state index contributed by atoms with van der Waals surface area (Å²) in [6.45, 7) is 8.14. The van der Waals surface area contributed by atoms with E-state index in [9.17, 15) is 4.79 Å². The van der Waals surface area contributed by atoms with Gasteiger partial charge in [0.2, 0.25) is 5.88 Å². The van der Waals surface area contributed by atoms with Gasteiger partial charge in [-0.2, -0.15) is 0 Å². The van der Waals surface area contributed by atoms with Crippen LogP contribution in [0.5, 0.6) is 5.88 Å². The Morgan fingerprint density at radius 3 is 2.61 bits per heavy atom. The van der Waals surface area contributed by atoms with Crippen LogP contribution in [0.4, 0.5) is 0 Å². The second kappa shape index (κ2) is 7.69. The van der Waals surface area contributed by atoms with Crippen molar-refractivity contribution in [1.82, 2.24) is 9.88 Å². The first-order valence-electron chi connectivity index (χ1n) is 6.61. The SMILES string of the molecule is CCCCN(CC)C(=O)c1ccc(OCC)nc1. The van der Waals surface area contributed by atoms with Crippen LogP contribution in [0.15, 0.2) is 18.3 Å². The average molecular weight is 250 g/mol. The summed E-state index contributed by atoms with van der Waals surface area (Å²) in [6.07, 6.45) is 3.71. The van der Waals surface area contributed by atoms with Gasteiger partial charge >= 0.3 is 0 Å². The van der Waals surface area contributed by atoms with E-state index in [-0.39, 0.29) is 5.91 Å². The van der Waals surface area contributed by atoms with Crippen molar-refractivity contribution in [2.45, 2.75) is 33.6 Å². The monoisotopic (exact) mass is 250 g/mol. The van der Waals surface area contributed by atoms with Gasteiger partial charge in [-0.15, -0.1) is 0 Å². The van der Waals surface area contributed by atoms with Gasteiger partial charge in [-0.05, 0) is 26.3 Å². The van der Waals surface area contributed by atoms with E-state index in [0.717, 1.165) is 25.9 Å². The number of ether oxygens (including phenoxy) is 1. The zero-order chi connectivity index (χ0) is 13.4. The lowest BCUT2D eigenvalue weighted by atomic mass is 10.2. The summed E-state index contributed by atoms with van der Waals surface area (Å²) >= 11 is 0. The normalized spacial score (nSPS) is 10.2. The van der Waals surface area contributed by atoms with Crippen LogP contribution >= 0.6 is 0 Å². The Bertz CT molecular complexity index is 363. The molecule has 0 aliphatic carbocycles. The maximum atomic E-state index is 12.2. The van der Waals surface area contributed by atoms with Gasteiger partial charge in [0.15, 0.2) is 0 Å². The third-order valence-corrected chi connectivity index (χ3v) is 2.73. The fourth-order valence-electron chi connectivity index (χ4n) is 1.67. The summed E-state index contributed by atoms with van der Waals surface area (Å²) in [7, 11) is 0. The topological polar surface area (TPSA) is 42.4 Å². The fourth-order valence-corrected chi connectivity index (χ4v) is 1.67. The number of unbranched alkanes of at least 4 members (excludes halogenated alkanes) is 1. The van der Waals surface area contributed by atoms with E-state index in [0.29, 0.717) is 18.1 Å². The number of hydrogen-bond acceptors (Lipinski definition) is 3. The van der Waals surface area contributed by atoms with E-state index in [2.05, 4.69) is 11.9 Å². The molecule has 18 heavy (non-hydrogen) atoms. The first kappa shape index (κ1) is 14.5. The van der Waals surface area contributed by atoms with Gasteiger partial charge in [0.1, 0.15) is 0 Å². The van der Waals surface area contributed by atoms with Crippen LogP contribution < -0.4 is 4.74 Å². The molecule has 4 nitrogen and oxygen atoms in total. The van der Waals surface area contributed by atoms with E-state index in [4.69, 9.17) is 4.74 Å². The minimum absolute atomic E-state index is 0.0431. The molecule has 1 aromatic rings. The van der Waals surface area contributed by atoms with Crippen LogP contribution in [-0.4, -0.2) is 35.5 Å². The molecule has 1 aromatic heterocycles. The van der Waals surface area contributed by atoms with Crippen LogP contribution in [0.1, 0.15) is 44.0 Å². The van der Waals surface area contributed by atoms with Crippen molar-refractivity contribution in [3.05, 3.63) is 23.9 Å². The van der Waals surface area contributed by atoms with Crippen molar-refractivity contribution in [3.63, 3.8) is 0 Å². The standard InChI is InChI=1S/C14H22N2O2/c1-4-7-10-16(5-2)14(17)12-8-9-13(15-11-12)18-6-3/h8-9,11H,4-7,10H2,1-3H3. The van der Waals surface area contributed by atoms with Crippen molar-refractivity contribution in [2.75, 3.05) is 19.7 Å².